The van der Waals surface area contributed by atoms with Gasteiger partial charge in [-0.15, -0.1) is 0 Å². The van der Waals surface area contributed by atoms with Gasteiger partial charge in [-0.05, 0) is 30.1 Å². The molecule has 2 N–H and O–H groups in total. The monoisotopic (exact) mass is 353 g/mol. The lowest BCUT2D eigenvalue weighted by Crippen LogP contribution is -2.25. The third-order valence-electron chi connectivity index (χ3n) is 2.73. The Morgan fingerprint density at radius 1 is 1.25 bits per heavy atom. The number of anilines is 2. The van der Waals surface area contributed by atoms with Crippen LogP contribution in [0.5, 0.6) is 0 Å². The summed E-state index contributed by atoms with van der Waals surface area (Å²) in [5, 5.41) is 4.41. The fourth-order valence-electron chi connectivity index (χ4n) is 1.88. The van der Waals surface area contributed by atoms with Gasteiger partial charge >= 0.3 is 0 Å². The van der Waals surface area contributed by atoms with Crippen LogP contribution in [-0.2, 0) is 18.9 Å². The second-order valence-corrected chi connectivity index (χ2v) is 9.75. The van der Waals surface area contributed by atoms with Crippen molar-refractivity contribution in [3.8, 4) is 0 Å². The van der Waals surface area contributed by atoms with Crippen molar-refractivity contribution in [1.29, 1.82) is 0 Å². The molecule has 2 heterocycles. The van der Waals surface area contributed by atoms with Gasteiger partial charge in [-0.3, -0.25) is 0 Å². The number of rotatable bonds is 2. The Morgan fingerprint density at radius 2 is 1.95 bits per heavy atom. The van der Waals surface area contributed by atoms with E-state index in [4.69, 9.17) is 10.7 Å². The number of hydrogen-bond acceptors (Lipinski definition) is 8. The van der Waals surface area contributed by atoms with Crippen LogP contribution < -0.4 is 15.2 Å². The zero-order valence-corrected chi connectivity index (χ0v) is 13.1. The maximum Gasteiger partial charge on any atom is 0.261 e. The molecule has 7 nitrogen and oxygen atoms in total. The second-order valence-electron chi connectivity index (χ2n) is 4.18. The number of hydrazine groups is 1. The summed E-state index contributed by atoms with van der Waals surface area (Å²) in [6.07, 6.45) is 1.10. The van der Waals surface area contributed by atoms with Crippen LogP contribution in [0.25, 0.3) is 0 Å². The number of halogens is 1. The predicted octanol–water partition coefficient (Wildman–Crippen LogP) is 1.18. The zero-order chi connectivity index (χ0) is 14.7. The molecule has 0 saturated carbocycles. The maximum absolute atomic E-state index is 11.7. The third kappa shape index (κ3) is 2.17. The molecule has 0 aromatic heterocycles. The van der Waals surface area contributed by atoms with Gasteiger partial charge < -0.3 is 5.32 Å². The predicted molar refractivity (Wildman–Crippen MR) is 78.2 cm³/mol. The van der Waals surface area contributed by atoms with Crippen molar-refractivity contribution in [2.45, 2.75) is 4.90 Å². The van der Waals surface area contributed by atoms with E-state index in [9.17, 15) is 16.8 Å². The van der Waals surface area contributed by atoms with Crippen molar-refractivity contribution < 1.29 is 16.8 Å². The van der Waals surface area contributed by atoms with E-state index in [-0.39, 0.29) is 9.13 Å². The highest BCUT2D eigenvalue weighted by atomic mass is 35.7. The minimum absolute atomic E-state index is 0.0550. The van der Waals surface area contributed by atoms with Gasteiger partial charge in [0, 0.05) is 16.9 Å². The van der Waals surface area contributed by atoms with Gasteiger partial charge in [-0.25, -0.2) is 21.8 Å². The molecule has 0 atom stereocenters. The quantitative estimate of drug-likeness (QED) is 0.604. The molecule has 0 saturated heterocycles. The number of benzene rings is 1. The number of fused-ring (bicyclic) bond motifs is 3. The van der Waals surface area contributed by atoms with Crippen LogP contribution in [-0.4, -0.2) is 23.1 Å². The Bertz CT molecular complexity index is 847. The number of sulfone groups is 1. The van der Waals surface area contributed by atoms with Gasteiger partial charge in [0.05, 0.1) is 16.3 Å². The molecule has 108 valence electrons. The molecule has 0 spiro atoms. The summed E-state index contributed by atoms with van der Waals surface area (Å²) < 4.78 is 46.1. The average Bonchev–Trinajstić information content (AvgIpc) is 2.83. The first-order valence-electron chi connectivity index (χ1n) is 5.20. The number of nitrogens with zero attached hydrogens (tertiary/aromatic N) is 1. The first-order chi connectivity index (χ1) is 9.18. The van der Waals surface area contributed by atoms with Crippen molar-refractivity contribution >= 4 is 52.9 Å². The normalized spacial score (nSPS) is 18.0. The van der Waals surface area contributed by atoms with Crippen LogP contribution in [0.15, 0.2) is 33.2 Å². The second kappa shape index (κ2) is 4.28. The molecule has 0 fully saturated rings. The summed E-state index contributed by atoms with van der Waals surface area (Å²) in [6, 6.07) is 4.25. The molecule has 2 aliphatic rings. The van der Waals surface area contributed by atoms with Crippen molar-refractivity contribution in [1.82, 2.24) is 4.83 Å². The van der Waals surface area contributed by atoms with Crippen LogP contribution in [0, 0.1) is 0 Å². The minimum Gasteiger partial charge on any atom is -0.337 e. The molecule has 0 bridgehead atoms. The van der Waals surface area contributed by atoms with E-state index in [2.05, 4.69) is 10.1 Å². The highest BCUT2D eigenvalue weighted by molar-refractivity contribution is 8.17. The average molecular weight is 354 g/mol. The SMILES string of the molecule is CS(=O)(=O)C1=C2Nc3ccc(S(=O)(=O)Cl)cc3N2NS1. The molecule has 0 unspecified atom stereocenters. The molecular weight excluding hydrogens is 346 g/mol. The van der Waals surface area contributed by atoms with Crippen molar-refractivity contribution in [3.05, 3.63) is 28.3 Å². The molecule has 1 aromatic carbocycles. The van der Waals surface area contributed by atoms with E-state index >= 15 is 0 Å². The Kier molecular flexibility index (Phi) is 3.00. The van der Waals surface area contributed by atoms with E-state index in [1.54, 1.807) is 0 Å². The van der Waals surface area contributed by atoms with Crippen LogP contribution >= 0.6 is 22.6 Å². The summed E-state index contributed by atoms with van der Waals surface area (Å²) in [7, 11) is -1.92. The van der Waals surface area contributed by atoms with E-state index in [1.165, 1.54) is 23.2 Å². The van der Waals surface area contributed by atoms with E-state index in [1.807, 2.05) is 0 Å². The van der Waals surface area contributed by atoms with Crippen LogP contribution in [0.2, 0.25) is 0 Å². The number of hydrogen-bond donors (Lipinski definition) is 2. The van der Waals surface area contributed by atoms with Crippen molar-refractivity contribution in [2.75, 3.05) is 16.6 Å². The highest BCUT2D eigenvalue weighted by Crippen LogP contribution is 2.44. The first kappa shape index (κ1) is 14.0. The van der Waals surface area contributed by atoms with Gasteiger partial charge in [0.1, 0.15) is 0 Å². The topological polar surface area (TPSA) is 95.6 Å². The molecule has 3 rings (SSSR count). The van der Waals surface area contributed by atoms with Gasteiger partial charge in [0.2, 0.25) is 0 Å². The van der Waals surface area contributed by atoms with E-state index in [0.717, 1.165) is 18.2 Å². The Morgan fingerprint density at radius 3 is 2.55 bits per heavy atom. The van der Waals surface area contributed by atoms with Crippen molar-refractivity contribution in [3.63, 3.8) is 0 Å². The van der Waals surface area contributed by atoms with Crippen LogP contribution in [0.4, 0.5) is 11.4 Å². The molecule has 0 aliphatic carbocycles. The summed E-state index contributed by atoms with van der Waals surface area (Å²) >= 11 is 0.941. The Hall–Kier alpha value is -0.940. The Balaban J connectivity index is 2.14. The van der Waals surface area contributed by atoms with Gasteiger partial charge in [-0.1, -0.05) is 0 Å². The fraction of sp³-hybridized carbons (Fsp3) is 0.111. The molecule has 11 heteroatoms. The van der Waals surface area contributed by atoms with Crippen molar-refractivity contribution in [2.24, 2.45) is 0 Å². The smallest absolute Gasteiger partial charge is 0.261 e. The highest BCUT2D eigenvalue weighted by Gasteiger charge is 2.37. The van der Waals surface area contributed by atoms with Crippen LogP contribution in [0.1, 0.15) is 0 Å². The summed E-state index contributed by atoms with van der Waals surface area (Å²) in [5.74, 6) is 0.358. The molecule has 20 heavy (non-hydrogen) atoms. The zero-order valence-electron chi connectivity index (χ0n) is 9.91. The standard InChI is InChI=1S/C9H8ClN3O4S3/c1-19(14,15)9-8-11-6-3-2-5(20(10,16)17)4-7(6)13(8)12-18-9/h2-4,11-12H,1H3. The summed E-state index contributed by atoms with van der Waals surface area (Å²) in [4.78, 5) is 2.75. The molecule has 1 aromatic rings. The third-order valence-corrected chi connectivity index (χ3v) is 6.76. The molecule has 0 amide bonds. The molecule has 2 aliphatic heterocycles. The molecule has 0 radical (unpaired) electrons. The molecular formula is C9H8ClN3O4S3. The van der Waals surface area contributed by atoms with Gasteiger partial charge in [0.25, 0.3) is 9.05 Å². The largest absolute Gasteiger partial charge is 0.337 e. The fourth-order valence-corrected chi connectivity index (χ4v) is 4.47. The lowest BCUT2D eigenvalue weighted by Gasteiger charge is -2.12. The minimum atomic E-state index is -3.85. The van der Waals surface area contributed by atoms with Gasteiger partial charge in [-0.2, -0.15) is 4.83 Å². The summed E-state index contributed by atoms with van der Waals surface area (Å²) in [5.41, 5.74) is 1.09. The van der Waals surface area contributed by atoms with Crippen LogP contribution in [0.3, 0.4) is 0 Å². The summed E-state index contributed by atoms with van der Waals surface area (Å²) in [6.45, 7) is 0. The van der Waals surface area contributed by atoms with Gasteiger partial charge in [0.15, 0.2) is 19.9 Å². The lowest BCUT2D eigenvalue weighted by molar-refractivity contribution is 0.607. The number of nitrogens with one attached hydrogen (secondary N) is 2. The van der Waals surface area contributed by atoms with E-state index < -0.39 is 18.9 Å². The Labute approximate surface area is 124 Å². The first-order valence-corrected chi connectivity index (χ1v) is 10.2. The van der Waals surface area contributed by atoms with E-state index in [0.29, 0.717) is 17.2 Å². The lowest BCUT2D eigenvalue weighted by atomic mass is 10.3. The maximum atomic E-state index is 11.7.